The number of likely N-dealkylation sites (tertiary alicyclic amines) is 1. The number of rotatable bonds is 3. The zero-order chi connectivity index (χ0) is 12.7. The summed E-state index contributed by atoms with van der Waals surface area (Å²) >= 11 is 0. The molecule has 100 valence electrons. The van der Waals surface area contributed by atoms with Crippen molar-refractivity contribution in [3.8, 4) is 0 Å². The van der Waals surface area contributed by atoms with Gasteiger partial charge in [-0.2, -0.15) is 5.10 Å². The van der Waals surface area contributed by atoms with E-state index in [-0.39, 0.29) is 0 Å². The van der Waals surface area contributed by atoms with Crippen LogP contribution in [-0.4, -0.2) is 40.4 Å². The van der Waals surface area contributed by atoms with Crippen LogP contribution in [0.25, 0.3) is 0 Å². The van der Waals surface area contributed by atoms with Crippen molar-refractivity contribution in [3.63, 3.8) is 0 Å². The van der Waals surface area contributed by atoms with Gasteiger partial charge >= 0.3 is 0 Å². The smallest absolute Gasteiger partial charge is 0.0549 e. The summed E-state index contributed by atoms with van der Waals surface area (Å²) in [4.78, 5) is 2.70. The van der Waals surface area contributed by atoms with Gasteiger partial charge in [-0.05, 0) is 44.3 Å². The van der Waals surface area contributed by atoms with Gasteiger partial charge in [-0.3, -0.25) is 9.58 Å². The van der Waals surface area contributed by atoms with Gasteiger partial charge in [0.15, 0.2) is 0 Å². The second-order valence-corrected chi connectivity index (χ2v) is 5.81. The summed E-state index contributed by atoms with van der Waals surface area (Å²) in [6.45, 7) is 8.30. The van der Waals surface area contributed by atoms with Crippen molar-refractivity contribution < 1.29 is 0 Å². The summed E-state index contributed by atoms with van der Waals surface area (Å²) in [5.41, 5.74) is 1.33. The van der Waals surface area contributed by atoms with E-state index in [4.69, 9.17) is 0 Å². The molecule has 0 spiro atoms. The molecule has 0 amide bonds. The molecule has 0 saturated carbocycles. The minimum absolute atomic E-state index is 0.480. The van der Waals surface area contributed by atoms with E-state index >= 15 is 0 Å². The molecule has 4 unspecified atom stereocenters. The molecule has 2 saturated heterocycles. The van der Waals surface area contributed by atoms with Gasteiger partial charge < -0.3 is 5.32 Å². The molecular formula is C14H24N4. The largest absolute Gasteiger partial charge is 0.316 e. The Morgan fingerprint density at radius 1 is 1.50 bits per heavy atom. The van der Waals surface area contributed by atoms with Crippen LogP contribution in [-0.2, 0) is 7.05 Å². The fourth-order valence-corrected chi connectivity index (χ4v) is 4.00. The van der Waals surface area contributed by atoms with Crippen molar-refractivity contribution in [3.05, 3.63) is 18.0 Å². The molecule has 4 nitrogen and oxygen atoms in total. The summed E-state index contributed by atoms with van der Waals surface area (Å²) in [6.07, 6.45) is 3.16. The normalized spacial score (nSPS) is 33.8. The first kappa shape index (κ1) is 12.2. The van der Waals surface area contributed by atoms with Crippen LogP contribution in [0.2, 0.25) is 0 Å². The Hall–Kier alpha value is -0.870. The first-order valence-corrected chi connectivity index (χ1v) is 7.16. The summed E-state index contributed by atoms with van der Waals surface area (Å²) in [7, 11) is 2.05. The third kappa shape index (κ3) is 1.79. The van der Waals surface area contributed by atoms with Gasteiger partial charge in [-0.15, -0.1) is 0 Å². The molecule has 1 N–H and O–H groups in total. The topological polar surface area (TPSA) is 33.1 Å². The fraction of sp³-hybridized carbons (Fsp3) is 0.786. The summed E-state index contributed by atoms with van der Waals surface area (Å²) < 4.78 is 2.02. The van der Waals surface area contributed by atoms with Crippen molar-refractivity contribution in [1.82, 2.24) is 20.0 Å². The lowest BCUT2D eigenvalue weighted by Gasteiger charge is -2.32. The second-order valence-electron chi connectivity index (χ2n) is 5.81. The number of hydrogen-bond donors (Lipinski definition) is 1. The van der Waals surface area contributed by atoms with Crippen LogP contribution in [0, 0.1) is 11.8 Å². The fourth-order valence-electron chi connectivity index (χ4n) is 4.00. The molecule has 3 heterocycles. The van der Waals surface area contributed by atoms with Gasteiger partial charge in [0.25, 0.3) is 0 Å². The SMILES string of the molecule is CCC1C2CNCC2CN1C(C)c1ccnn1C. The molecule has 18 heavy (non-hydrogen) atoms. The molecular weight excluding hydrogens is 224 g/mol. The maximum absolute atomic E-state index is 4.31. The van der Waals surface area contributed by atoms with E-state index in [0.29, 0.717) is 6.04 Å². The second kappa shape index (κ2) is 4.67. The van der Waals surface area contributed by atoms with Crippen LogP contribution in [0.15, 0.2) is 12.3 Å². The molecule has 4 atom stereocenters. The van der Waals surface area contributed by atoms with E-state index < -0.39 is 0 Å². The van der Waals surface area contributed by atoms with Crippen LogP contribution < -0.4 is 5.32 Å². The molecule has 2 aliphatic heterocycles. The highest BCUT2D eigenvalue weighted by Gasteiger charge is 2.45. The van der Waals surface area contributed by atoms with E-state index in [1.807, 2.05) is 17.9 Å². The predicted octanol–water partition coefficient (Wildman–Crippen LogP) is 1.41. The van der Waals surface area contributed by atoms with Crippen molar-refractivity contribution in [2.24, 2.45) is 18.9 Å². The summed E-state index contributed by atoms with van der Waals surface area (Å²) in [6, 6.07) is 3.37. The Morgan fingerprint density at radius 3 is 3.00 bits per heavy atom. The van der Waals surface area contributed by atoms with E-state index in [1.165, 1.54) is 31.7 Å². The first-order chi connectivity index (χ1) is 8.72. The highest BCUT2D eigenvalue weighted by molar-refractivity contribution is 5.09. The molecule has 0 bridgehead atoms. The Kier molecular flexibility index (Phi) is 3.16. The van der Waals surface area contributed by atoms with Crippen LogP contribution in [0.1, 0.15) is 32.0 Å². The number of aryl methyl sites for hydroxylation is 1. The lowest BCUT2D eigenvalue weighted by molar-refractivity contribution is 0.160. The van der Waals surface area contributed by atoms with Crippen molar-refractivity contribution in [1.29, 1.82) is 0 Å². The standard InChI is InChI=1S/C14H24N4/c1-4-13-12-8-15-7-11(12)9-18(13)10(2)14-5-6-16-17(14)3/h5-6,10-13,15H,4,7-9H2,1-3H3. The summed E-state index contributed by atoms with van der Waals surface area (Å²) in [5.74, 6) is 1.70. The predicted molar refractivity (Wildman–Crippen MR) is 72.3 cm³/mol. The summed E-state index contributed by atoms with van der Waals surface area (Å²) in [5, 5.41) is 7.86. The lowest BCUT2D eigenvalue weighted by Crippen LogP contribution is -2.37. The van der Waals surface area contributed by atoms with Crippen LogP contribution in [0.3, 0.4) is 0 Å². The molecule has 0 radical (unpaired) electrons. The van der Waals surface area contributed by atoms with E-state index in [0.717, 1.165) is 17.9 Å². The minimum atomic E-state index is 0.480. The Morgan fingerprint density at radius 2 is 2.33 bits per heavy atom. The Bertz CT molecular complexity index is 414. The van der Waals surface area contributed by atoms with Crippen LogP contribution in [0.5, 0.6) is 0 Å². The highest BCUT2D eigenvalue weighted by atomic mass is 15.3. The average molecular weight is 248 g/mol. The third-order valence-corrected chi connectivity index (χ3v) is 4.96. The van der Waals surface area contributed by atoms with Gasteiger partial charge in [0, 0.05) is 31.9 Å². The average Bonchev–Trinajstić information content (AvgIpc) is 3.01. The quantitative estimate of drug-likeness (QED) is 0.878. The molecule has 1 aromatic heterocycles. The molecule has 1 aromatic rings. The zero-order valence-corrected chi connectivity index (χ0v) is 11.6. The van der Waals surface area contributed by atoms with E-state index in [1.54, 1.807) is 0 Å². The van der Waals surface area contributed by atoms with Crippen LogP contribution >= 0.6 is 0 Å². The molecule has 2 fully saturated rings. The van der Waals surface area contributed by atoms with Crippen LogP contribution in [0.4, 0.5) is 0 Å². The Labute approximate surface area is 109 Å². The third-order valence-electron chi connectivity index (χ3n) is 4.96. The number of fused-ring (bicyclic) bond motifs is 1. The lowest BCUT2D eigenvalue weighted by atomic mass is 9.92. The number of nitrogens with zero attached hydrogens (tertiary/aromatic N) is 3. The number of hydrogen-bond acceptors (Lipinski definition) is 3. The van der Waals surface area contributed by atoms with Gasteiger partial charge in [0.05, 0.1) is 5.69 Å². The minimum Gasteiger partial charge on any atom is -0.316 e. The first-order valence-electron chi connectivity index (χ1n) is 7.16. The van der Waals surface area contributed by atoms with Gasteiger partial charge in [0.1, 0.15) is 0 Å². The molecule has 0 aliphatic carbocycles. The molecule has 0 aromatic carbocycles. The van der Waals surface area contributed by atoms with Gasteiger partial charge in [-0.25, -0.2) is 0 Å². The number of nitrogens with one attached hydrogen (secondary N) is 1. The maximum Gasteiger partial charge on any atom is 0.0549 e. The van der Waals surface area contributed by atoms with Crippen molar-refractivity contribution >= 4 is 0 Å². The Balaban J connectivity index is 1.82. The zero-order valence-electron chi connectivity index (χ0n) is 11.6. The van der Waals surface area contributed by atoms with Gasteiger partial charge in [0.2, 0.25) is 0 Å². The van der Waals surface area contributed by atoms with Gasteiger partial charge in [-0.1, -0.05) is 6.92 Å². The molecule has 2 aliphatic rings. The van der Waals surface area contributed by atoms with E-state index in [2.05, 4.69) is 35.2 Å². The molecule has 4 heteroatoms. The van der Waals surface area contributed by atoms with Crippen molar-refractivity contribution in [2.45, 2.75) is 32.4 Å². The maximum atomic E-state index is 4.31. The molecule has 3 rings (SSSR count). The monoisotopic (exact) mass is 248 g/mol. The highest BCUT2D eigenvalue weighted by Crippen LogP contribution is 2.39. The van der Waals surface area contributed by atoms with Crippen molar-refractivity contribution in [2.75, 3.05) is 19.6 Å². The number of aromatic nitrogens is 2. The van der Waals surface area contributed by atoms with E-state index in [9.17, 15) is 0 Å².